The van der Waals surface area contributed by atoms with Crippen molar-refractivity contribution in [3.8, 4) is 0 Å². The van der Waals surface area contributed by atoms with E-state index in [4.69, 9.17) is 0 Å². The summed E-state index contributed by atoms with van der Waals surface area (Å²) in [6.45, 7) is 7.25. The van der Waals surface area contributed by atoms with Crippen molar-refractivity contribution < 1.29 is 4.79 Å². The summed E-state index contributed by atoms with van der Waals surface area (Å²) in [5.74, 6) is 0.123. The van der Waals surface area contributed by atoms with Gasteiger partial charge in [0.15, 0.2) is 5.78 Å². The first-order valence-electron chi connectivity index (χ1n) is 7.02. The Morgan fingerprint density at radius 3 is 2.47 bits per heavy atom. The van der Waals surface area contributed by atoms with Gasteiger partial charge in [-0.05, 0) is 64.9 Å². The van der Waals surface area contributed by atoms with E-state index in [1.165, 1.54) is 18.5 Å². The van der Waals surface area contributed by atoms with Gasteiger partial charge in [0.25, 0.3) is 0 Å². The predicted octanol–water partition coefficient (Wildman–Crippen LogP) is 2.86. The van der Waals surface area contributed by atoms with Crippen molar-refractivity contribution >= 4 is 11.5 Å². The molecule has 2 rings (SSSR count). The van der Waals surface area contributed by atoms with Crippen LogP contribution in [0.5, 0.6) is 0 Å². The molecule has 0 saturated carbocycles. The van der Waals surface area contributed by atoms with Gasteiger partial charge in [-0.1, -0.05) is 0 Å². The second-order valence-corrected chi connectivity index (χ2v) is 5.89. The molecule has 0 bridgehead atoms. The number of carbonyl (C=O) groups excluding carboxylic acids is 1. The van der Waals surface area contributed by atoms with Gasteiger partial charge in [0.05, 0.1) is 0 Å². The summed E-state index contributed by atoms with van der Waals surface area (Å²) in [5, 5.41) is 3.43. The maximum Gasteiger partial charge on any atom is 0.159 e. The van der Waals surface area contributed by atoms with Crippen molar-refractivity contribution in [1.82, 2.24) is 5.32 Å². The number of nitrogens with one attached hydrogen (secondary N) is 1. The number of carbonyl (C=O) groups is 1. The summed E-state index contributed by atoms with van der Waals surface area (Å²) in [7, 11) is 2.04. The molecule has 3 heteroatoms. The average Bonchev–Trinajstić information content (AvgIpc) is 2.38. The lowest BCUT2D eigenvalue weighted by Crippen LogP contribution is -2.60. The zero-order valence-electron chi connectivity index (χ0n) is 12.4. The Bertz CT molecular complexity index is 450. The van der Waals surface area contributed by atoms with Gasteiger partial charge in [0, 0.05) is 29.4 Å². The van der Waals surface area contributed by atoms with Crippen LogP contribution in [0.1, 0.15) is 44.0 Å². The van der Waals surface area contributed by atoms with E-state index in [9.17, 15) is 4.79 Å². The zero-order valence-corrected chi connectivity index (χ0v) is 12.4. The molecule has 1 N–H and O–H groups in total. The van der Waals surface area contributed by atoms with Crippen molar-refractivity contribution in [1.29, 1.82) is 0 Å². The normalized spacial score (nSPS) is 22.3. The van der Waals surface area contributed by atoms with E-state index < -0.39 is 0 Å². The molecule has 104 valence electrons. The van der Waals surface area contributed by atoms with Gasteiger partial charge in [-0.2, -0.15) is 0 Å². The highest BCUT2D eigenvalue weighted by molar-refractivity contribution is 5.94. The first-order valence-corrected chi connectivity index (χ1v) is 7.02. The minimum Gasteiger partial charge on any atom is -0.365 e. The number of Topliss-reactive ketones (excluding diaryl/α,β-unsaturated/α-hetero) is 1. The van der Waals surface area contributed by atoms with Crippen LogP contribution < -0.4 is 10.2 Å². The molecule has 1 aromatic carbocycles. The van der Waals surface area contributed by atoms with Crippen LogP contribution in [0, 0.1) is 0 Å². The molecule has 0 aliphatic carbocycles. The highest BCUT2D eigenvalue weighted by Gasteiger charge is 2.37. The lowest BCUT2D eigenvalue weighted by atomic mass is 9.84. The largest absolute Gasteiger partial charge is 0.365 e. The molecule has 1 aliphatic heterocycles. The Kier molecular flexibility index (Phi) is 3.95. The van der Waals surface area contributed by atoms with E-state index in [1.54, 1.807) is 6.92 Å². The van der Waals surface area contributed by atoms with Crippen LogP contribution in [0.2, 0.25) is 0 Å². The van der Waals surface area contributed by atoms with Gasteiger partial charge in [0.2, 0.25) is 0 Å². The third kappa shape index (κ3) is 2.66. The van der Waals surface area contributed by atoms with Crippen LogP contribution in [0.4, 0.5) is 5.69 Å². The monoisotopic (exact) mass is 260 g/mol. The van der Waals surface area contributed by atoms with Crippen molar-refractivity contribution in [3.05, 3.63) is 29.8 Å². The fourth-order valence-electron chi connectivity index (χ4n) is 3.12. The number of ketones is 1. The van der Waals surface area contributed by atoms with Crippen LogP contribution in [-0.2, 0) is 0 Å². The smallest absolute Gasteiger partial charge is 0.159 e. The van der Waals surface area contributed by atoms with Crippen LogP contribution in [0.25, 0.3) is 0 Å². The molecule has 1 unspecified atom stereocenters. The summed E-state index contributed by atoms with van der Waals surface area (Å²) in [6, 6.07) is 8.48. The standard InChI is InChI=1S/C16H24N2O/c1-12(19)13-7-9-14(10-8-13)18-11-5-6-15(17-4)16(18,2)3/h7-10,15,17H,5-6,11H2,1-4H3. The zero-order chi connectivity index (χ0) is 14.0. The van der Waals surface area contributed by atoms with Crippen LogP contribution in [0.3, 0.4) is 0 Å². The minimum absolute atomic E-state index is 0.0880. The van der Waals surface area contributed by atoms with Crippen LogP contribution >= 0.6 is 0 Å². The quantitative estimate of drug-likeness (QED) is 0.848. The maximum atomic E-state index is 11.3. The Balaban J connectivity index is 2.27. The molecule has 3 nitrogen and oxygen atoms in total. The number of rotatable bonds is 3. The molecule has 1 heterocycles. The fourth-order valence-corrected chi connectivity index (χ4v) is 3.12. The molecular weight excluding hydrogens is 236 g/mol. The van der Waals surface area contributed by atoms with Crippen molar-refractivity contribution in [2.24, 2.45) is 0 Å². The van der Waals surface area contributed by atoms with E-state index in [1.807, 2.05) is 19.2 Å². The maximum absolute atomic E-state index is 11.3. The third-order valence-corrected chi connectivity index (χ3v) is 4.36. The second kappa shape index (κ2) is 5.33. The molecule has 0 radical (unpaired) electrons. The van der Waals surface area contributed by atoms with Gasteiger partial charge in [-0.25, -0.2) is 0 Å². The van der Waals surface area contributed by atoms with E-state index in [0.717, 1.165) is 12.1 Å². The van der Waals surface area contributed by atoms with Gasteiger partial charge in [-0.3, -0.25) is 4.79 Å². The molecule has 1 aromatic rings. The molecule has 1 aliphatic rings. The number of nitrogens with zero attached hydrogens (tertiary/aromatic N) is 1. The SMILES string of the molecule is CNC1CCCN(c2ccc(C(C)=O)cc2)C1(C)C. The first kappa shape index (κ1) is 14.1. The van der Waals surface area contributed by atoms with Crippen molar-refractivity contribution in [2.45, 2.75) is 45.2 Å². The van der Waals surface area contributed by atoms with E-state index in [2.05, 4.69) is 36.2 Å². The lowest BCUT2D eigenvalue weighted by molar-refractivity contribution is 0.101. The topological polar surface area (TPSA) is 32.3 Å². The average molecular weight is 260 g/mol. The molecule has 19 heavy (non-hydrogen) atoms. The van der Waals surface area contributed by atoms with E-state index >= 15 is 0 Å². The number of hydrogen-bond donors (Lipinski definition) is 1. The summed E-state index contributed by atoms with van der Waals surface area (Å²) >= 11 is 0. The number of anilines is 1. The third-order valence-electron chi connectivity index (χ3n) is 4.36. The van der Waals surface area contributed by atoms with Gasteiger partial charge in [-0.15, -0.1) is 0 Å². The first-order chi connectivity index (χ1) is 8.96. The Morgan fingerprint density at radius 2 is 1.95 bits per heavy atom. The summed E-state index contributed by atoms with van der Waals surface area (Å²) < 4.78 is 0. The lowest BCUT2D eigenvalue weighted by Gasteiger charge is -2.49. The summed E-state index contributed by atoms with van der Waals surface area (Å²) in [5.41, 5.74) is 2.07. The number of likely N-dealkylation sites (N-methyl/N-ethyl adjacent to an activating group) is 1. The van der Waals surface area contributed by atoms with Gasteiger partial charge in [0.1, 0.15) is 0 Å². The van der Waals surface area contributed by atoms with Crippen molar-refractivity contribution in [2.75, 3.05) is 18.5 Å². The van der Waals surface area contributed by atoms with Gasteiger partial charge >= 0.3 is 0 Å². The molecular formula is C16H24N2O. The Labute approximate surface area is 116 Å². The molecule has 1 saturated heterocycles. The highest BCUT2D eigenvalue weighted by Crippen LogP contribution is 2.32. The van der Waals surface area contributed by atoms with Crippen LogP contribution in [-0.4, -0.2) is 31.0 Å². The predicted molar refractivity (Wildman–Crippen MR) is 80.0 cm³/mol. The summed E-state index contributed by atoms with van der Waals surface area (Å²) in [4.78, 5) is 13.8. The molecule has 0 amide bonds. The molecule has 1 fully saturated rings. The van der Waals surface area contributed by atoms with E-state index in [-0.39, 0.29) is 11.3 Å². The minimum atomic E-state index is 0.0880. The number of piperidine rings is 1. The van der Waals surface area contributed by atoms with Crippen molar-refractivity contribution in [3.63, 3.8) is 0 Å². The molecule has 0 spiro atoms. The molecule has 0 aromatic heterocycles. The Hall–Kier alpha value is -1.35. The Morgan fingerprint density at radius 1 is 1.32 bits per heavy atom. The number of hydrogen-bond acceptors (Lipinski definition) is 3. The van der Waals surface area contributed by atoms with E-state index in [0.29, 0.717) is 6.04 Å². The fraction of sp³-hybridized carbons (Fsp3) is 0.562. The van der Waals surface area contributed by atoms with Crippen LogP contribution in [0.15, 0.2) is 24.3 Å². The highest BCUT2D eigenvalue weighted by atomic mass is 16.1. The second-order valence-electron chi connectivity index (χ2n) is 5.89. The summed E-state index contributed by atoms with van der Waals surface area (Å²) in [6.07, 6.45) is 2.41. The number of benzene rings is 1. The van der Waals surface area contributed by atoms with Gasteiger partial charge < -0.3 is 10.2 Å². The molecule has 1 atom stereocenters.